The van der Waals surface area contributed by atoms with Crippen molar-refractivity contribution in [3.8, 4) is 11.4 Å². The van der Waals surface area contributed by atoms with E-state index in [1.807, 2.05) is 6.07 Å². The predicted molar refractivity (Wildman–Crippen MR) is 118 cm³/mol. The molecular formula is C23H18ClN3O3. The molecule has 0 saturated heterocycles. The third-order valence-corrected chi connectivity index (χ3v) is 5.14. The molecule has 1 aromatic heterocycles. The van der Waals surface area contributed by atoms with Crippen molar-refractivity contribution in [3.05, 3.63) is 93.5 Å². The maximum Gasteiger partial charge on any atom is 0.266 e. The van der Waals surface area contributed by atoms with Crippen LogP contribution < -0.4 is 15.6 Å². The molecule has 4 aromatic rings. The number of hydrogen-bond acceptors (Lipinski definition) is 4. The van der Waals surface area contributed by atoms with Gasteiger partial charge in [-0.2, -0.15) is 0 Å². The first-order valence-corrected chi connectivity index (χ1v) is 9.60. The molecule has 0 aliphatic carbocycles. The third-order valence-electron chi connectivity index (χ3n) is 4.75. The van der Waals surface area contributed by atoms with Gasteiger partial charge in [-0.25, -0.2) is 4.98 Å². The fourth-order valence-electron chi connectivity index (χ4n) is 3.26. The summed E-state index contributed by atoms with van der Waals surface area (Å²) in [7, 11) is 1.56. The van der Waals surface area contributed by atoms with Gasteiger partial charge in [0.2, 0.25) is 0 Å². The standard InChI is InChI=1S/C23H18ClN3O3/c1-14-25-19-13-16(30-2)11-12-17(19)23(29)27(14)20-10-6-9-18(21(20)24)26-22(28)15-7-4-3-5-8-15/h3-13H,1-2H3,(H,26,28). The topological polar surface area (TPSA) is 73.2 Å². The summed E-state index contributed by atoms with van der Waals surface area (Å²) >= 11 is 6.60. The summed E-state index contributed by atoms with van der Waals surface area (Å²) in [5, 5.41) is 3.50. The Morgan fingerprint density at radius 2 is 1.83 bits per heavy atom. The van der Waals surface area contributed by atoms with E-state index in [2.05, 4.69) is 10.3 Å². The van der Waals surface area contributed by atoms with Crippen LogP contribution in [0.4, 0.5) is 5.69 Å². The van der Waals surface area contributed by atoms with E-state index in [0.29, 0.717) is 39.4 Å². The molecule has 1 N–H and O–H groups in total. The number of nitrogens with zero attached hydrogens (tertiary/aromatic N) is 2. The lowest BCUT2D eigenvalue weighted by Gasteiger charge is -2.15. The van der Waals surface area contributed by atoms with Crippen LogP contribution in [0, 0.1) is 6.92 Å². The normalized spacial score (nSPS) is 10.8. The number of nitrogens with one attached hydrogen (secondary N) is 1. The highest BCUT2D eigenvalue weighted by molar-refractivity contribution is 6.35. The Labute approximate surface area is 177 Å². The van der Waals surface area contributed by atoms with Crippen molar-refractivity contribution in [2.75, 3.05) is 12.4 Å². The van der Waals surface area contributed by atoms with E-state index in [0.717, 1.165) is 0 Å². The molecule has 1 heterocycles. The Balaban J connectivity index is 1.80. The molecule has 7 heteroatoms. The number of methoxy groups -OCH3 is 1. The minimum absolute atomic E-state index is 0.252. The Kier molecular flexibility index (Phi) is 5.25. The van der Waals surface area contributed by atoms with Gasteiger partial charge in [0.25, 0.3) is 11.5 Å². The zero-order chi connectivity index (χ0) is 21.3. The van der Waals surface area contributed by atoms with Crippen molar-refractivity contribution in [1.29, 1.82) is 0 Å². The smallest absolute Gasteiger partial charge is 0.266 e. The average Bonchev–Trinajstić information content (AvgIpc) is 2.76. The molecule has 0 spiro atoms. The first-order valence-electron chi connectivity index (χ1n) is 9.22. The highest BCUT2D eigenvalue weighted by atomic mass is 35.5. The van der Waals surface area contributed by atoms with Gasteiger partial charge < -0.3 is 10.1 Å². The molecule has 6 nitrogen and oxygen atoms in total. The Hall–Kier alpha value is -3.64. The minimum Gasteiger partial charge on any atom is -0.497 e. The minimum atomic E-state index is -0.289. The molecule has 0 fully saturated rings. The van der Waals surface area contributed by atoms with Crippen LogP contribution in [-0.4, -0.2) is 22.6 Å². The fourth-order valence-corrected chi connectivity index (χ4v) is 3.52. The van der Waals surface area contributed by atoms with Gasteiger partial charge >= 0.3 is 0 Å². The first kappa shape index (κ1) is 19.7. The first-order chi connectivity index (χ1) is 14.5. The number of hydrogen-bond donors (Lipinski definition) is 1. The number of ether oxygens (including phenoxy) is 1. The number of aryl methyl sites for hydroxylation is 1. The summed E-state index contributed by atoms with van der Waals surface area (Å²) in [4.78, 5) is 30.3. The van der Waals surface area contributed by atoms with E-state index in [1.165, 1.54) is 4.57 Å². The van der Waals surface area contributed by atoms with Gasteiger partial charge in [0.05, 0.1) is 34.4 Å². The van der Waals surface area contributed by atoms with Gasteiger partial charge in [-0.05, 0) is 43.3 Å². The molecule has 0 radical (unpaired) electrons. The molecule has 30 heavy (non-hydrogen) atoms. The second-order valence-corrected chi connectivity index (χ2v) is 7.02. The molecule has 150 valence electrons. The summed E-state index contributed by atoms with van der Waals surface area (Å²) in [6.45, 7) is 1.73. The summed E-state index contributed by atoms with van der Waals surface area (Å²) in [5.41, 5.74) is 1.64. The van der Waals surface area contributed by atoms with Crippen LogP contribution in [0.2, 0.25) is 5.02 Å². The molecule has 0 bridgehead atoms. The Bertz CT molecular complexity index is 1320. The predicted octanol–water partition coefficient (Wildman–Crippen LogP) is 4.61. The zero-order valence-corrected chi connectivity index (χ0v) is 17.1. The lowest BCUT2D eigenvalue weighted by Crippen LogP contribution is -2.23. The second-order valence-electron chi connectivity index (χ2n) is 6.64. The number of rotatable bonds is 4. The highest BCUT2D eigenvalue weighted by Gasteiger charge is 2.16. The van der Waals surface area contributed by atoms with Gasteiger partial charge in [0.1, 0.15) is 11.6 Å². The third kappa shape index (κ3) is 3.53. The number of carbonyl (C=O) groups excluding carboxylic acids is 1. The molecule has 0 saturated carbocycles. The number of carbonyl (C=O) groups is 1. The lowest BCUT2D eigenvalue weighted by molar-refractivity contribution is 0.102. The SMILES string of the molecule is COc1ccc2c(=O)n(-c3cccc(NC(=O)c4ccccc4)c3Cl)c(C)nc2c1. The van der Waals surface area contributed by atoms with Gasteiger partial charge in [-0.3, -0.25) is 14.2 Å². The van der Waals surface area contributed by atoms with Crippen LogP contribution in [-0.2, 0) is 0 Å². The number of fused-ring (bicyclic) bond motifs is 1. The molecule has 0 aliphatic rings. The van der Waals surface area contributed by atoms with Crippen molar-refractivity contribution < 1.29 is 9.53 Å². The fraction of sp³-hybridized carbons (Fsp3) is 0.0870. The van der Waals surface area contributed by atoms with Gasteiger partial charge in [0, 0.05) is 11.6 Å². The van der Waals surface area contributed by atoms with Gasteiger partial charge in [-0.1, -0.05) is 35.9 Å². The highest BCUT2D eigenvalue weighted by Crippen LogP contribution is 2.29. The van der Waals surface area contributed by atoms with Crippen LogP contribution in [0.5, 0.6) is 5.75 Å². The van der Waals surface area contributed by atoms with Gasteiger partial charge in [-0.15, -0.1) is 0 Å². The number of amides is 1. The molecule has 3 aromatic carbocycles. The summed E-state index contributed by atoms with van der Waals surface area (Å²) in [5.74, 6) is 0.798. The van der Waals surface area contributed by atoms with E-state index < -0.39 is 0 Å². The van der Waals surface area contributed by atoms with E-state index in [9.17, 15) is 9.59 Å². The van der Waals surface area contributed by atoms with Crippen molar-refractivity contribution >= 4 is 34.1 Å². The van der Waals surface area contributed by atoms with Crippen molar-refractivity contribution in [1.82, 2.24) is 9.55 Å². The molecule has 0 atom stereocenters. The second kappa shape index (κ2) is 8.00. The molecule has 1 amide bonds. The van der Waals surface area contributed by atoms with Crippen molar-refractivity contribution in [3.63, 3.8) is 0 Å². The zero-order valence-electron chi connectivity index (χ0n) is 16.3. The van der Waals surface area contributed by atoms with E-state index in [1.54, 1.807) is 74.7 Å². The van der Waals surface area contributed by atoms with E-state index >= 15 is 0 Å². The van der Waals surface area contributed by atoms with E-state index in [-0.39, 0.29) is 16.5 Å². The summed E-state index contributed by atoms with van der Waals surface area (Å²) < 4.78 is 6.65. The van der Waals surface area contributed by atoms with Crippen LogP contribution in [0.15, 0.2) is 71.5 Å². The van der Waals surface area contributed by atoms with Crippen molar-refractivity contribution in [2.45, 2.75) is 6.92 Å². The monoisotopic (exact) mass is 419 g/mol. The quantitative estimate of drug-likeness (QED) is 0.524. The Morgan fingerprint density at radius 3 is 2.57 bits per heavy atom. The van der Waals surface area contributed by atoms with Crippen molar-refractivity contribution in [2.24, 2.45) is 0 Å². The number of benzene rings is 3. The van der Waals surface area contributed by atoms with E-state index in [4.69, 9.17) is 16.3 Å². The molecule has 0 aliphatic heterocycles. The maximum atomic E-state index is 13.2. The molecule has 0 unspecified atom stereocenters. The average molecular weight is 420 g/mol. The largest absolute Gasteiger partial charge is 0.497 e. The maximum absolute atomic E-state index is 13.2. The summed E-state index contributed by atoms with van der Waals surface area (Å²) in [6, 6.07) is 19.1. The molecule has 4 rings (SSSR count). The van der Waals surface area contributed by atoms with Gasteiger partial charge in [0.15, 0.2) is 0 Å². The van der Waals surface area contributed by atoms with Crippen LogP contribution >= 0.6 is 11.6 Å². The number of halogens is 1. The van der Waals surface area contributed by atoms with Crippen LogP contribution in [0.1, 0.15) is 16.2 Å². The summed E-state index contributed by atoms with van der Waals surface area (Å²) in [6.07, 6.45) is 0. The number of aromatic nitrogens is 2. The Morgan fingerprint density at radius 1 is 1.07 bits per heavy atom. The van der Waals surface area contributed by atoms with Crippen LogP contribution in [0.25, 0.3) is 16.6 Å². The number of anilines is 1. The molecular weight excluding hydrogens is 402 g/mol. The van der Waals surface area contributed by atoms with Crippen LogP contribution in [0.3, 0.4) is 0 Å². The lowest BCUT2D eigenvalue weighted by atomic mass is 10.2.